The fourth-order valence-electron chi connectivity index (χ4n) is 2.56. The molecular weight excluding hydrogens is 290 g/mol. The van der Waals surface area contributed by atoms with Gasteiger partial charge in [-0.3, -0.25) is 9.59 Å². The van der Waals surface area contributed by atoms with Crippen LogP contribution >= 0.6 is 0 Å². The second kappa shape index (κ2) is 6.32. The van der Waals surface area contributed by atoms with Gasteiger partial charge in [-0.1, -0.05) is 18.2 Å². The lowest BCUT2D eigenvalue weighted by molar-refractivity contribution is -0.116. The molecule has 2 aromatic carbocycles. The van der Waals surface area contributed by atoms with E-state index < -0.39 is 0 Å². The molecule has 0 aromatic heterocycles. The lowest BCUT2D eigenvalue weighted by atomic mass is 10.0. The van der Waals surface area contributed by atoms with E-state index >= 15 is 0 Å². The number of fused-ring (bicyclic) bond motifs is 1. The van der Waals surface area contributed by atoms with Crippen LogP contribution in [0.3, 0.4) is 0 Å². The average molecular weight is 305 g/mol. The molecule has 0 unspecified atom stereocenters. The van der Waals surface area contributed by atoms with Gasteiger partial charge in [0.1, 0.15) is 0 Å². The molecule has 0 bridgehead atoms. The van der Waals surface area contributed by atoms with E-state index in [0.29, 0.717) is 30.5 Å². The maximum absolute atomic E-state index is 12.1. The minimum absolute atomic E-state index is 0.0379. The number of hydrogen-bond acceptors (Lipinski definition) is 3. The van der Waals surface area contributed by atoms with Crippen LogP contribution in [-0.4, -0.2) is 11.8 Å². The number of nitrogens with one attached hydrogen (secondary N) is 2. The lowest BCUT2D eigenvalue weighted by Gasteiger charge is -2.17. The van der Waals surface area contributed by atoms with Crippen molar-refractivity contribution < 1.29 is 9.59 Å². The highest BCUT2D eigenvalue weighted by molar-refractivity contribution is 5.95. The monoisotopic (exact) mass is 305 g/mol. The maximum Gasteiger partial charge on any atom is 0.251 e. The molecule has 0 spiro atoms. The molecule has 23 heavy (non-hydrogen) atoms. The van der Waals surface area contributed by atoms with Crippen molar-refractivity contribution in [2.24, 2.45) is 0 Å². The molecule has 1 aliphatic heterocycles. The Morgan fingerprint density at radius 3 is 2.91 bits per heavy atom. The molecule has 5 heteroatoms. The van der Waals surface area contributed by atoms with Crippen molar-refractivity contribution >= 4 is 17.5 Å². The standard InChI is InChI=1S/C18H15N3O2/c19-10-12-2-1-3-15(8-12)18(23)20-11-13-4-6-16-14(9-13)5-7-17(22)21-16/h1-4,6,8-9H,5,7,11H2,(H,20,23)(H,21,22). The molecule has 3 rings (SSSR count). The summed E-state index contributed by atoms with van der Waals surface area (Å²) in [6.45, 7) is 0.400. The van der Waals surface area contributed by atoms with Gasteiger partial charge in [0.25, 0.3) is 5.91 Å². The van der Waals surface area contributed by atoms with Crippen LogP contribution in [0.15, 0.2) is 42.5 Å². The molecule has 1 aliphatic rings. The first-order valence-electron chi connectivity index (χ1n) is 7.36. The van der Waals surface area contributed by atoms with E-state index in [1.807, 2.05) is 24.3 Å². The van der Waals surface area contributed by atoms with Crippen molar-refractivity contribution in [1.29, 1.82) is 5.26 Å². The van der Waals surface area contributed by atoms with Gasteiger partial charge in [-0.25, -0.2) is 0 Å². The van der Waals surface area contributed by atoms with Gasteiger partial charge in [-0.15, -0.1) is 0 Å². The van der Waals surface area contributed by atoms with Crippen LogP contribution in [0.5, 0.6) is 0 Å². The summed E-state index contributed by atoms with van der Waals surface area (Å²) in [6, 6.07) is 14.4. The van der Waals surface area contributed by atoms with Gasteiger partial charge in [-0.05, 0) is 41.8 Å². The molecule has 0 aliphatic carbocycles. The SMILES string of the molecule is N#Cc1cccc(C(=O)NCc2ccc3c(c2)CCC(=O)N3)c1. The third-order valence-corrected chi connectivity index (χ3v) is 3.77. The summed E-state index contributed by atoms with van der Waals surface area (Å²) in [5.41, 5.74) is 3.84. The van der Waals surface area contributed by atoms with Crippen molar-refractivity contribution in [3.63, 3.8) is 0 Å². The molecular formula is C18H15N3O2. The summed E-state index contributed by atoms with van der Waals surface area (Å²) in [7, 11) is 0. The Hall–Kier alpha value is -3.13. The Labute approximate surface area is 133 Å². The third kappa shape index (κ3) is 3.38. The van der Waals surface area contributed by atoms with Crippen molar-refractivity contribution in [3.8, 4) is 6.07 Å². The van der Waals surface area contributed by atoms with Crippen LogP contribution in [0.25, 0.3) is 0 Å². The van der Waals surface area contributed by atoms with E-state index in [1.165, 1.54) is 0 Å². The third-order valence-electron chi connectivity index (χ3n) is 3.77. The highest BCUT2D eigenvalue weighted by Gasteiger charge is 2.15. The summed E-state index contributed by atoms with van der Waals surface area (Å²) in [5, 5.41) is 14.6. The molecule has 0 radical (unpaired) electrons. The Balaban J connectivity index is 1.67. The quantitative estimate of drug-likeness (QED) is 0.913. The fourth-order valence-corrected chi connectivity index (χ4v) is 2.56. The molecule has 2 N–H and O–H groups in total. The summed E-state index contributed by atoms with van der Waals surface area (Å²) in [4.78, 5) is 23.5. The van der Waals surface area contributed by atoms with Gasteiger partial charge >= 0.3 is 0 Å². The number of carbonyl (C=O) groups excluding carboxylic acids is 2. The van der Waals surface area contributed by atoms with E-state index in [9.17, 15) is 9.59 Å². The lowest BCUT2D eigenvalue weighted by Crippen LogP contribution is -2.23. The Morgan fingerprint density at radius 1 is 1.22 bits per heavy atom. The fraction of sp³-hybridized carbons (Fsp3) is 0.167. The largest absolute Gasteiger partial charge is 0.348 e. The number of carbonyl (C=O) groups is 2. The number of anilines is 1. The molecule has 0 atom stereocenters. The van der Waals surface area contributed by atoms with Crippen LogP contribution in [0.2, 0.25) is 0 Å². The highest BCUT2D eigenvalue weighted by Crippen LogP contribution is 2.23. The van der Waals surface area contributed by atoms with Crippen LogP contribution in [0.4, 0.5) is 5.69 Å². The normalized spacial score (nSPS) is 12.7. The average Bonchev–Trinajstić information content (AvgIpc) is 2.59. The molecule has 0 fully saturated rings. The molecule has 0 saturated carbocycles. The number of hydrogen-bond donors (Lipinski definition) is 2. The smallest absolute Gasteiger partial charge is 0.251 e. The topological polar surface area (TPSA) is 82.0 Å². The molecule has 0 saturated heterocycles. The number of rotatable bonds is 3. The Morgan fingerprint density at radius 2 is 2.09 bits per heavy atom. The predicted octanol–water partition coefficient (Wildman–Crippen LogP) is 2.37. The van der Waals surface area contributed by atoms with Crippen LogP contribution < -0.4 is 10.6 Å². The van der Waals surface area contributed by atoms with E-state index in [0.717, 1.165) is 16.8 Å². The first-order valence-corrected chi connectivity index (χ1v) is 7.36. The molecule has 114 valence electrons. The van der Waals surface area contributed by atoms with E-state index in [-0.39, 0.29) is 11.8 Å². The number of nitrogens with zero attached hydrogens (tertiary/aromatic N) is 1. The second-order valence-corrected chi connectivity index (χ2v) is 5.41. The van der Waals surface area contributed by atoms with Crippen molar-refractivity contribution in [2.45, 2.75) is 19.4 Å². The Bertz CT molecular complexity index is 821. The second-order valence-electron chi connectivity index (χ2n) is 5.41. The van der Waals surface area contributed by atoms with Crippen LogP contribution in [0.1, 0.15) is 33.5 Å². The van der Waals surface area contributed by atoms with Crippen LogP contribution in [-0.2, 0) is 17.8 Å². The predicted molar refractivity (Wildman–Crippen MR) is 85.7 cm³/mol. The van der Waals surface area contributed by atoms with E-state index in [4.69, 9.17) is 5.26 Å². The molecule has 2 amide bonds. The van der Waals surface area contributed by atoms with Crippen molar-refractivity contribution in [1.82, 2.24) is 5.32 Å². The van der Waals surface area contributed by atoms with Gasteiger partial charge < -0.3 is 10.6 Å². The maximum atomic E-state index is 12.1. The number of benzene rings is 2. The van der Waals surface area contributed by atoms with Crippen molar-refractivity contribution in [2.75, 3.05) is 5.32 Å². The summed E-state index contributed by atoms with van der Waals surface area (Å²) < 4.78 is 0. The van der Waals surface area contributed by atoms with Gasteiger partial charge in [0, 0.05) is 24.2 Å². The first kappa shape index (κ1) is 14.8. The zero-order valence-electron chi connectivity index (χ0n) is 12.4. The van der Waals surface area contributed by atoms with Gasteiger partial charge in [0.05, 0.1) is 11.6 Å². The van der Waals surface area contributed by atoms with E-state index in [2.05, 4.69) is 10.6 Å². The zero-order chi connectivity index (χ0) is 16.2. The minimum atomic E-state index is -0.215. The van der Waals surface area contributed by atoms with Gasteiger partial charge in [-0.2, -0.15) is 5.26 Å². The first-order chi connectivity index (χ1) is 11.2. The Kier molecular flexibility index (Phi) is 4.07. The number of nitriles is 1. The van der Waals surface area contributed by atoms with Gasteiger partial charge in [0.15, 0.2) is 0 Å². The molecule has 1 heterocycles. The van der Waals surface area contributed by atoms with E-state index in [1.54, 1.807) is 24.3 Å². The highest BCUT2D eigenvalue weighted by atomic mass is 16.2. The minimum Gasteiger partial charge on any atom is -0.348 e. The molecule has 2 aromatic rings. The number of amides is 2. The summed E-state index contributed by atoms with van der Waals surface area (Å²) >= 11 is 0. The number of aryl methyl sites for hydroxylation is 1. The zero-order valence-corrected chi connectivity index (χ0v) is 12.4. The van der Waals surface area contributed by atoms with Gasteiger partial charge in [0.2, 0.25) is 5.91 Å². The summed E-state index contributed by atoms with van der Waals surface area (Å²) in [6.07, 6.45) is 1.21. The summed E-state index contributed by atoms with van der Waals surface area (Å²) in [5.74, 6) is -0.177. The molecule has 5 nitrogen and oxygen atoms in total. The van der Waals surface area contributed by atoms with Crippen LogP contribution in [0, 0.1) is 11.3 Å². The van der Waals surface area contributed by atoms with Crippen molar-refractivity contribution in [3.05, 3.63) is 64.7 Å².